The van der Waals surface area contributed by atoms with Crippen LogP contribution < -0.4 is 9.46 Å². The third-order valence-electron chi connectivity index (χ3n) is 4.11. The molecule has 2 aromatic carbocycles. The number of rotatable bonds is 5. The zero-order valence-corrected chi connectivity index (χ0v) is 14.0. The monoisotopic (exact) mass is 331 g/mol. The second-order valence-electron chi connectivity index (χ2n) is 5.67. The highest BCUT2D eigenvalue weighted by atomic mass is 32.2. The minimum Gasteiger partial charge on any atom is -0.494 e. The van der Waals surface area contributed by atoms with Crippen LogP contribution in [0.3, 0.4) is 0 Å². The summed E-state index contributed by atoms with van der Waals surface area (Å²) in [5.74, 6) is 0.675. The van der Waals surface area contributed by atoms with E-state index in [-0.39, 0.29) is 10.9 Å². The number of fused-ring (bicyclic) bond motifs is 1. The van der Waals surface area contributed by atoms with Crippen LogP contribution in [0.5, 0.6) is 5.75 Å². The predicted molar refractivity (Wildman–Crippen MR) is 90.1 cm³/mol. The van der Waals surface area contributed by atoms with E-state index < -0.39 is 10.0 Å². The Balaban J connectivity index is 1.82. The van der Waals surface area contributed by atoms with Crippen molar-refractivity contribution in [2.24, 2.45) is 0 Å². The van der Waals surface area contributed by atoms with Crippen molar-refractivity contribution >= 4 is 10.0 Å². The minimum atomic E-state index is -3.54. The molecule has 0 spiro atoms. The van der Waals surface area contributed by atoms with E-state index in [9.17, 15) is 8.42 Å². The van der Waals surface area contributed by atoms with E-state index in [1.165, 1.54) is 5.56 Å². The van der Waals surface area contributed by atoms with E-state index in [1.807, 2.05) is 25.1 Å². The highest BCUT2D eigenvalue weighted by Gasteiger charge is 2.25. The predicted octanol–water partition coefficient (Wildman–Crippen LogP) is 3.44. The van der Waals surface area contributed by atoms with E-state index in [2.05, 4.69) is 10.8 Å². The van der Waals surface area contributed by atoms with Gasteiger partial charge in [0, 0.05) is 6.04 Å². The van der Waals surface area contributed by atoms with Crippen LogP contribution in [0.25, 0.3) is 0 Å². The first kappa shape index (κ1) is 16.0. The Kier molecular flexibility index (Phi) is 4.68. The summed E-state index contributed by atoms with van der Waals surface area (Å²) < 4.78 is 33.5. The zero-order chi connectivity index (χ0) is 16.3. The van der Waals surface area contributed by atoms with E-state index in [1.54, 1.807) is 24.3 Å². The number of nitrogens with one attached hydrogen (secondary N) is 1. The first-order chi connectivity index (χ1) is 11.1. The number of sulfonamides is 1. The van der Waals surface area contributed by atoms with Crippen molar-refractivity contribution in [1.29, 1.82) is 0 Å². The number of ether oxygens (including phenoxy) is 1. The fourth-order valence-electron chi connectivity index (χ4n) is 3.01. The molecule has 0 saturated carbocycles. The second kappa shape index (κ2) is 6.72. The highest BCUT2D eigenvalue weighted by molar-refractivity contribution is 7.89. The molecule has 0 aromatic heterocycles. The summed E-state index contributed by atoms with van der Waals surface area (Å²) >= 11 is 0. The maximum Gasteiger partial charge on any atom is 0.241 e. The Morgan fingerprint density at radius 3 is 2.61 bits per heavy atom. The van der Waals surface area contributed by atoms with E-state index in [4.69, 9.17) is 4.74 Å². The van der Waals surface area contributed by atoms with E-state index in [0.29, 0.717) is 12.4 Å². The SMILES string of the molecule is CCOc1ccc(S(=O)(=O)NC2CCCc3ccccc32)cc1. The topological polar surface area (TPSA) is 55.4 Å². The first-order valence-corrected chi connectivity index (χ1v) is 9.41. The van der Waals surface area contributed by atoms with Crippen molar-refractivity contribution in [3.8, 4) is 5.75 Å². The Hall–Kier alpha value is -1.85. The van der Waals surface area contributed by atoms with E-state index >= 15 is 0 Å². The third kappa shape index (κ3) is 3.57. The molecule has 23 heavy (non-hydrogen) atoms. The van der Waals surface area contributed by atoms with Gasteiger partial charge in [-0.15, -0.1) is 0 Å². The maximum atomic E-state index is 12.6. The summed E-state index contributed by atoms with van der Waals surface area (Å²) in [7, 11) is -3.54. The summed E-state index contributed by atoms with van der Waals surface area (Å²) in [6.45, 7) is 2.45. The van der Waals surface area contributed by atoms with Crippen LogP contribution in [0.1, 0.15) is 36.9 Å². The van der Waals surface area contributed by atoms with Crippen molar-refractivity contribution in [3.63, 3.8) is 0 Å². The van der Waals surface area contributed by atoms with Gasteiger partial charge in [-0.2, -0.15) is 0 Å². The molecule has 1 unspecified atom stereocenters. The normalized spacial score (nSPS) is 17.5. The van der Waals surface area contributed by atoms with Gasteiger partial charge in [0.05, 0.1) is 11.5 Å². The Labute approximate surface area is 137 Å². The van der Waals surface area contributed by atoms with Crippen LogP contribution in [-0.4, -0.2) is 15.0 Å². The summed E-state index contributed by atoms with van der Waals surface area (Å²) in [6.07, 6.45) is 2.83. The van der Waals surface area contributed by atoms with Crippen molar-refractivity contribution < 1.29 is 13.2 Å². The first-order valence-electron chi connectivity index (χ1n) is 7.93. The van der Waals surface area contributed by atoms with Crippen LogP contribution in [0, 0.1) is 0 Å². The van der Waals surface area contributed by atoms with Gasteiger partial charge in [0.15, 0.2) is 0 Å². The molecule has 0 radical (unpaired) electrons. The van der Waals surface area contributed by atoms with Crippen LogP contribution in [0.15, 0.2) is 53.4 Å². The Morgan fingerprint density at radius 1 is 1.13 bits per heavy atom. The van der Waals surface area contributed by atoms with Gasteiger partial charge < -0.3 is 4.74 Å². The molecule has 1 aliphatic carbocycles. The lowest BCUT2D eigenvalue weighted by molar-refractivity contribution is 0.340. The molecule has 5 heteroatoms. The second-order valence-corrected chi connectivity index (χ2v) is 7.38. The lowest BCUT2D eigenvalue weighted by atomic mass is 9.88. The minimum absolute atomic E-state index is 0.156. The fourth-order valence-corrected chi connectivity index (χ4v) is 4.26. The molecule has 1 aliphatic rings. The smallest absolute Gasteiger partial charge is 0.241 e. The highest BCUT2D eigenvalue weighted by Crippen LogP contribution is 2.31. The average Bonchev–Trinajstić information content (AvgIpc) is 2.56. The molecule has 122 valence electrons. The summed E-state index contributed by atoms with van der Waals surface area (Å²) in [5.41, 5.74) is 2.33. The molecule has 1 N–H and O–H groups in total. The molecule has 4 nitrogen and oxygen atoms in total. The quantitative estimate of drug-likeness (QED) is 0.913. The van der Waals surface area contributed by atoms with Gasteiger partial charge >= 0.3 is 0 Å². The Bertz CT molecular complexity index is 769. The van der Waals surface area contributed by atoms with Crippen molar-refractivity contribution in [3.05, 3.63) is 59.7 Å². The summed E-state index contributed by atoms with van der Waals surface area (Å²) in [5, 5.41) is 0. The fraction of sp³-hybridized carbons (Fsp3) is 0.333. The average molecular weight is 331 g/mol. The van der Waals surface area contributed by atoms with Crippen molar-refractivity contribution in [2.75, 3.05) is 6.61 Å². The molecule has 0 heterocycles. The lowest BCUT2D eigenvalue weighted by Gasteiger charge is -2.26. The molecule has 0 bridgehead atoms. The lowest BCUT2D eigenvalue weighted by Crippen LogP contribution is -2.31. The van der Waals surface area contributed by atoms with Gasteiger partial charge in [0.1, 0.15) is 5.75 Å². The van der Waals surface area contributed by atoms with Crippen molar-refractivity contribution in [2.45, 2.75) is 37.1 Å². The molecule has 3 rings (SSSR count). The van der Waals surface area contributed by atoms with Gasteiger partial charge in [-0.05, 0) is 61.6 Å². The molecule has 1 atom stereocenters. The van der Waals surface area contributed by atoms with E-state index in [0.717, 1.165) is 24.8 Å². The van der Waals surface area contributed by atoms with Crippen LogP contribution in [-0.2, 0) is 16.4 Å². The molecule has 2 aromatic rings. The largest absolute Gasteiger partial charge is 0.494 e. The molecule has 0 fully saturated rings. The van der Waals surface area contributed by atoms with Gasteiger partial charge in [-0.3, -0.25) is 0 Å². The number of aryl methyl sites for hydroxylation is 1. The zero-order valence-electron chi connectivity index (χ0n) is 13.2. The standard InChI is InChI=1S/C18H21NO3S/c1-2-22-15-10-12-16(13-11-15)23(20,21)19-18-9-5-7-14-6-3-4-8-17(14)18/h3-4,6,8,10-13,18-19H,2,5,7,9H2,1H3. The molecule has 0 amide bonds. The van der Waals surface area contributed by atoms with Crippen LogP contribution in [0.4, 0.5) is 0 Å². The number of hydrogen-bond donors (Lipinski definition) is 1. The van der Waals surface area contributed by atoms with Crippen LogP contribution >= 0.6 is 0 Å². The molecule has 0 saturated heterocycles. The Morgan fingerprint density at radius 2 is 1.87 bits per heavy atom. The van der Waals surface area contributed by atoms with Gasteiger partial charge in [0.2, 0.25) is 10.0 Å². The van der Waals surface area contributed by atoms with Gasteiger partial charge in [0.25, 0.3) is 0 Å². The third-order valence-corrected chi connectivity index (χ3v) is 5.60. The maximum absolute atomic E-state index is 12.6. The summed E-state index contributed by atoms with van der Waals surface area (Å²) in [4.78, 5) is 0.268. The number of hydrogen-bond acceptors (Lipinski definition) is 3. The van der Waals surface area contributed by atoms with Crippen LogP contribution in [0.2, 0.25) is 0 Å². The van der Waals surface area contributed by atoms with Crippen molar-refractivity contribution in [1.82, 2.24) is 4.72 Å². The molecule has 0 aliphatic heterocycles. The van der Waals surface area contributed by atoms with Gasteiger partial charge in [-0.25, -0.2) is 13.1 Å². The summed E-state index contributed by atoms with van der Waals surface area (Å²) in [6, 6.07) is 14.4. The molecular weight excluding hydrogens is 310 g/mol. The number of benzene rings is 2. The van der Waals surface area contributed by atoms with Gasteiger partial charge in [-0.1, -0.05) is 24.3 Å². The molecular formula is C18H21NO3S.